The van der Waals surface area contributed by atoms with Crippen molar-refractivity contribution < 1.29 is 16.8 Å². The molecule has 166 valence electrons. The van der Waals surface area contributed by atoms with E-state index < -0.39 is 25.6 Å². The van der Waals surface area contributed by atoms with Crippen LogP contribution in [0.25, 0.3) is 0 Å². The number of sulfone groups is 1. The van der Waals surface area contributed by atoms with E-state index in [2.05, 4.69) is 15.6 Å². The van der Waals surface area contributed by atoms with E-state index in [-0.39, 0.29) is 22.4 Å². The van der Waals surface area contributed by atoms with E-state index in [4.69, 9.17) is 11.5 Å². The molecule has 6 N–H and O–H groups in total. The van der Waals surface area contributed by atoms with Gasteiger partial charge in [-0.15, -0.1) is 0 Å². The average Bonchev–Trinajstić information content (AvgIpc) is 3.14. The maximum Gasteiger partial charge on any atom is 0.243 e. The molecule has 2 heterocycles. The van der Waals surface area contributed by atoms with Crippen molar-refractivity contribution >= 4 is 25.7 Å². The van der Waals surface area contributed by atoms with Gasteiger partial charge in [-0.2, -0.15) is 4.31 Å². The SMILES string of the molecule is CS(=O)(=O)CCNCC1CCN(S(=O)(=O)c2ccc(C3(N)N=C(N)C=CN3)cc2)C1. The van der Waals surface area contributed by atoms with Crippen LogP contribution in [-0.4, -0.2) is 65.2 Å². The number of hydrogen-bond acceptors (Lipinski definition) is 9. The van der Waals surface area contributed by atoms with Gasteiger partial charge in [-0.25, -0.2) is 21.8 Å². The lowest BCUT2D eigenvalue weighted by molar-refractivity contribution is 0.409. The molecule has 1 aromatic carbocycles. The van der Waals surface area contributed by atoms with Crippen molar-refractivity contribution in [2.45, 2.75) is 17.1 Å². The summed E-state index contributed by atoms with van der Waals surface area (Å²) in [6, 6.07) is 6.28. The molecule has 0 spiro atoms. The number of benzene rings is 1. The number of hydrogen-bond donors (Lipinski definition) is 4. The fourth-order valence-corrected chi connectivity index (χ4v) is 5.50. The zero-order chi connectivity index (χ0) is 22.0. The molecule has 10 nitrogen and oxygen atoms in total. The van der Waals surface area contributed by atoms with Crippen molar-refractivity contribution in [3.05, 3.63) is 42.1 Å². The second kappa shape index (κ2) is 8.63. The van der Waals surface area contributed by atoms with E-state index >= 15 is 0 Å². The molecule has 0 aliphatic carbocycles. The van der Waals surface area contributed by atoms with Crippen LogP contribution in [0.5, 0.6) is 0 Å². The van der Waals surface area contributed by atoms with Gasteiger partial charge in [-0.05, 0) is 37.1 Å². The molecular formula is C18H28N6O4S2. The Labute approximate surface area is 177 Å². The van der Waals surface area contributed by atoms with Gasteiger partial charge in [0.25, 0.3) is 0 Å². The third kappa shape index (κ3) is 5.38. The van der Waals surface area contributed by atoms with Crippen molar-refractivity contribution in [2.75, 3.05) is 38.2 Å². The number of aliphatic imine (C=N–C) groups is 1. The number of nitrogens with one attached hydrogen (secondary N) is 2. The first-order valence-corrected chi connectivity index (χ1v) is 13.1. The molecule has 0 amide bonds. The Bertz CT molecular complexity index is 1040. The summed E-state index contributed by atoms with van der Waals surface area (Å²) in [5.41, 5.74) is 12.5. The minimum absolute atomic E-state index is 0.0665. The van der Waals surface area contributed by atoms with Crippen molar-refractivity contribution in [1.82, 2.24) is 14.9 Å². The van der Waals surface area contributed by atoms with Crippen molar-refractivity contribution in [2.24, 2.45) is 22.4 Å². The lowest BCUT2D eigenvalue weighted by Gasteiger charge is -2.29. The molecule has 2 aliphatic rings. The monoisotopic (exact) mass is 456 g/mol. The maximum absolute atomic E-state index is 13.0. The summed E-state index contributed by atoms with van der Waals surface area (Å²) < 4.78 is 49.8. The van der Waals surface area contributed by atoms with Crippen LogP contribution in [0, 0.1) is 5.92 Å². The van der Waals surface area contributed by atoms with Gasteiger partial charge >= 0.3 is 0 Å². The van der Waals surface area contributed by atoms with E-state index in [0.717, 1.165) is 6.42 Å². The molecule has 0 saturated carbocycles. The maximum atomic E-state index is 13.0. The summed E-state index contributed by atoms with van der Waals surface area (Å²) in [5, 5.41) is 6.02. The van der Waals surface area contributed by atoms with E-state index in [0.29, 0.717) is 31.7 Å². The summed E-state index contributed by atoms with van der Waals surface area (Å²) in [6.45, 7) is 1.76. The van der Waals surface area contributed by atoms with Gasteiger partial charge in [0.15, 0.2) is 0 Å². The van der Waals surface area contributed by atoms with Gasteiger partial charge in [0.05, 0.1) is 10.6 Å². The van der Waals surface area contributed by atoms with Crippen LogP contribution < -0.4 is 22.1 Å². The molecule has 0 radical (unpaired) electrons. The second-order valence-corrected chi connectivity index (χ2v) is 11.9. The zero-order valence-electron chi connectivity index (χ0n) is 16.8. The fraction of sp³-hybridized carbons (Fsp3) is 0.500. The normalized spacial score (nSPS) is 25.1. The molecule has 1 fully saturated rings. The number of nitrogens with two attached hydrogens (primary N) is 2. The highest BCUT2D eigenvalue weighted by Gasteiger charge is 2.33. The Balaban J connectivity index is 1.61. The zero-order valence-corrected chi connectivity index (χ0v) is 18.4. The van der Waals surface area contributed by atoms with Crippen molar-refractivity contribution in [3.8, 4) is 0 Å². The number of amidine groups is 1. The van der Waals surface area contributed by atoms with Gasteiger partial charge in [-0.3, -0.25) is 5.73 Å². The second-order valence-electron chi connectivity index (χ2n) is 7.66. The standard InChI is InChI=1S/C18H28N6O4S2/c1-29(25,26)11-9-21-12-14-7-10-24(13-14)30(27,28)16-4-2-15(3-5-16)18(20)22-8-6-17(19)23-18/h2-6,8,14,21-22H,7,9-13,20H2,1H3,(H2,19,23). The van der Waals surface area contributed by atoms with Gasteiger partial charge in [0, 0.05) is 37.7 Å². The largest absolute Gasteiger partial charge is 0.384 e. The minimum atomic E-state index is -3.63. The van der Waals surface area contributed by atoms with Crippen LogP contribution in [0.3, 0.4) is 0 Å². The average molecular weight is 457 g/mol. The van der Waals surface area contributed by atoms with E-state index in [1.165, 1.54) is 22.7 Å². The molecule has 12 heteroatoms. The Hall–Kier alpha value is -1.99. The lowest BCUT2D eigenvalue weighted by Crippen LogP contribution is -2.49. The molecule has 1 aromatic rings. The number of nitrogens with zero attached hydrogens (tertiary/aromatic N) is 2. The molecule has 0 aromatic heterocycles. The topological polar surface area (TPSA) is 160 Å². The van der Waals surface area contributed by atoms with E-state index in [1.807, 2.05) is 0 Å². The van der Waals surface area contributed by atoms with Crippen LogP contribution in [0.4, 0.5) is 0 Å². The quantitative estimate of drug-likeness (QED) is 0.358. The first kappa shape index (κ1) is 22.7. The minimum Gasteiger partial charge on any atom is -0.384 e. The van der Waals surface area contributed by atoms with Crippen LogP contribution in [0.2, 0.25) is 0 Å². The molecule has 1 saturated heterocycles. The molecule has 30 heavy (non-hydrogen) atoms. The Kier molecular flexibility index (Phi) is 6.53. The molecule has 3 rings (SSSR count). The van der Waals surface area contributed by atoms with E-state index in [1.54, 1.807) is 24.4 Å². The molecule has 0 bridgehead atoms. The van der Waals surface area contributed by atoms with E-state index in [9.17, 15) is 16.8 Å². The van der Waals surface area contributed by atoms with Crippen LogP contribution in [0.1, 0.15) is 12.0 Å². The first-order chi connectivity index (χ1) is 14.0. The van der Waals surface area contributed by atoms with Crippen molar-refractivity contribution in [1.29, 1.82) is 0 Å². The highest BCUT2D eigenvalue weighted by Crippen LogP contribution is 2.26. The lowest BCUT2D eigenvalue weighted by atomic mass is 10.1. The third-order valence-electron chi connectivity index (χ3n) is 5.13. The van der Waals surface area contributed by atoms with Crippen molar-refractivity contribution in [3.63, 3.8) is 0 Å². The summed E-state index contributed by atoms with van der Waals surface area (Å²) in [4.78, 5) is 4.37. The highest BCUT2D eigenvalue weighted by atomic mass is 32.2. The first-order valence-electron chi connectivity index (χ1n) is 9.57. The molecular weight excluding hydrogens is 428 g/mol. The summed E-state index contributed by atoms with van der Waals surface area (Å²) in [5.74, 6) is -0.753. The summed E-state index contributed by atoms with van der Waals surface area (Å²) in [6.07, 6.45) is 5.10. The number of sulfonamides is 1. The summed E-state index contributed by atoms with van der Waals surface area (Å²) >= 11 is 0. The fourth-order valence-electron chi connectivity index (χ4n) is 3.45. The smallest absolute Gasteiger partial charge is 0.243 e. The Morgan fingerprint density at radius 3 is 2.60 bits per heavy atom. The van der Waals surface area contributed by atoms with Gasteiger partial charge in [-0.1, -0.05) is 12.1 Å². The predicted molar refractivity (Wildman–Crippen MR) is 116 cm³/mol. The van der Waals surface area contributed by atoms with Gasteiger partial charge in [0.2, 0.25) is 15.8 Å². The van der Waals surface area contributed by atoms with Crippen LogP contribution in [0.15, 0.2) is 46.4 Å². The molecule has 2 aliphatic heterocycles. The Morgan fingerprint density at radius 2 is 1.97 bits per heavy atom. The predicted octanol–water partition coefficient (Wildman–Crippen LogP) is -1.13. The number of rotatable bonds is 8. The molecule has 2 atom stereocenters. The third-order valence-corrected chi connectivity index (χ3v) is 7.95. The Morgan fingerprint density at radius 1 is 1.27 bits per heavy atom. The highest BCUT2D eigenvalue weighted by molar-refractivity contribution is 7.90. The van der Waals surface area contributed by atoms with Gasteiger partial charge in [0.1, 0.15) is 15.7 Å². The van der Waals surface area contributed by atoms with Gasteiger partial charge < -0.3 is 16.4 Å². The molecule has 2 unspecified atom stereocenters. The summed E-state index contributed by atoms with van der Waals surface area (Å²) in [7, 11) is -6.64. The van der Waals surface area contributed by atoms with Crippen LogP contribution in [-0.2, 0) is 25.6 Å². The van der Waals surface area contributed by atoms with Crippen LogP contribution >= 0.6 is 0 Å².